The van der Waals surface area contributed by atoms with E-state index in [0.29, 0.717) is 15.9 Å². The maximum absolute atomic E-state index is 13.7. The fourth-order valence-electron chi connectivity index (χ4n) is 5.74. The summed E-state index contributed by atoms with van der Waals surface area (Å²) in [7, 11) is 1.38. The molecule has 3 fully saturated rings. The van der Waals surface area contributed by atoms with Crippen LogP contribution in [-0.2, 0) is 46.2 Å². The Morgan fingerprint density at radius 1 is 1.07 bits per heavy atom. The van der Waals surface area contributed by atoms with Crippen LogP contribution in [0.25, 0.3) is 11.0 Å². The predicted octanol–water partition coefficient (Wildman–Crippen LogP) is 0.615. The Bertz CT molecular complexity index is 1670. The summed E-state index contributed by atoms with van der Waals surface area (Å²) >= 11 is 9.56. The molecule has 244 valence electrons. The van der Waals surface area contributed by atoms with E-state index in [4.69, 9.17) is 43.8 Å². The molecule has 0 saturated carbocycles. The van der Waals surface area contributed by atoms with Gasteiger partial charge in [0.15, 0.2) is 30.2 Å². The number of carbonyl (C=O) groups excluding carboxylic acids is 1. The number of nitrogens with one attached hydrogen (secondary N) is 1. The van der Waals surface area contributed by atoms with E-state index in [-0.39, 0.29) is 31.4 Å². The molecule has 45 heavy (non-hydrogen) atoms. The Balaban J connectivity index is 1.16. The van der Waals surface area contributed by atoms with Gasteiger partial charge < -0.3 is 30.6 Å². The van der Waals surface area contributed by atoms with Gasteiger partial charge in [-0.3, -0.25) is 33.2 Å². The van der Waals surface area contributed by atoms with Crippen molar-refractivity contribution in [3.8, 4) is 0 Å². The minimum absolute atomic E-state index is 0.111. The number of ether oxygens (including phenoxy) is 3. The number of thiol groups is 2. The molecule has 2 aromatic rings. The quantitative estimate of drug-likeness (QED) is 0.215. The van der Waals surface area contributed by atoms with Crippen molar-refractivity contribution in [3.63, 3.8) is 0 Å². The predicted molar refractivity (Wildman–Crippen MR) is 164 cm³/mol. The molecule has 7 rings (SSSR count). The first-order valence-electron chi connectivity index (χ1n) is 13.4. The van der Waals surface area contributed by atoms with Gasteiger partial charge in [0.1, 0.15) is 41.8 Å². The molecular weight excluding hydrogens is 696 g/mol. The SMILES string of the molecule is CO[C@H]1[C@H]2O[P@](=O)(S)OC[C@H]3O[C@@H](c4snc5c(N)ncnc45)C[C@@H]3O[P@](=O)(S)OC[C@H]1O[C@H]2N1C=NC2C(=O)NC(N)=NC21. The molecule has 5 aliphatic heterocycles. The lowest BCUT2D eigenvalue weighted by Crippen LogP contribution is -2.57. The molecule has 0 radical (unpaired) electrons. The van der Waals surface area contributed by atoms with E-state index in [0.717, 1.165) is 11.5 Å². The van der Waals surface area contributed by atoms with Gasteiger partial charge in [-0.25, -0.2) is 24.1 Å². The van der Waals surface area contributed by atoms with Crippen LogP contribution >= 0.6 is 49.6 Å². The van der Waals surface area contributed by atoms with Crippen molar-refractivity contribution in [1.82, 2.24) is 24.6 Å². The van der Waals surface area contributed by atoms with Crippen LogP contribution in [0.1, 0.15) is 17.4 Å². The second-order valence-electron chi connectivity index (χ2n) is 10.5. The maximum atomic E-state index is 13.7. The molecule has 3 saturated heterocycles. The van der Waals surface area contributed by atoms with Crippen LogP contribution in [0.15, 0.2) is 16.3 Å². The zero-order chi connectivity index (χ0) is 31.7. The van der Waals surface area contributed by atoms with Gasteiger partial charge in [0, 0.05) is 13.5 Å². The number of guanidine groups is 1. The fourth-order valence-corrected chi connectivity index (χ4v) is 9.60. The van der Waals surface area contributed by atoms with Crippen LogP contribution in [-0.4, -0.2) is 107 Å². The first-order chi connectivity index (χ1) is 21.4. The van der Waals surface area contributed by atoms with Gasteiger partial charge in [-0.15, -0.1) is 0 Å². The molecule has 19 nitrogen and oxygen atoms in total. The highest BCUT2D eigenvalue weighted by molar-refractivity contribution is 8.44. The number of hydrogen-bond acceptors (Lipinski definition) is 19. The number of aliphatic imine (C=N–C) groups is 2. The average Bonchev–Trinajstić information content (AvgIpc) is 3.74. The van der Waals surface area contributed by atoms with Gasteiger partial charge >= 0.3 is 13.6 Å². The van der Waals surface area contributed by atoms with E-state index in [9.17, 15) is 13.9 Å². The molecule has 0 aliphatic carbocycles. The van der Waals surface area contributed by atoms with Crippen LogP contribution in [0.5, 0.6) is 0 Å². The average molecular weight is 724 g/mol. The minimum Gasteiger partial charge on any atom is -0.382 e. The van der Waals surface area contributed by atoms with Crippen LogP contribution in [0.2, 0.25) is 0 Å². The molecule has 0 spiro atoms. The van der Waals surface area contributed by atoms with E-state index < -0.39 is 74.6 Å². The monoisotopic (exact) mass is 723 g/mol. The summed E-state index contributed by atoms with van der Waals surface area (Å²) in [6, 6.07) is -0.920. The lowest BCUT2D eigenvalue weighted by molar-refractivity contribution is -0.124. The van der Waals surface area contributed by atoms with E-state index in [1.807, 2.05) is 0 Å². The van der Waals surface area contributed by atoms with Crippen LogP contribution in [0, 0.1) is 0 Å². The van der Waals surface area contributed by atoms with Crippen LogP contribution in [0.3, 0.4) is 0 Å². The van der Waals surface area contributed by atoms with E-state index >= 15 is 0 Å². The minimum atomic E-state index is -4.18. The standard InChI is InChI=1S/C21H27N9O10P2S3/c1-34-14-10-4-36-41(32,43)39-7-2-8(16-11-12(29-45-16)17(22)25-5-24-11)37-9(7)3-35-42(33,44)40-15(14)20(38-10)30-6-26-13-18(30)27-21(23)28-19(13)31/h5-10,13-15,18,20H,2-4H2,1H3,(H,32,43)(H,33,44)(H2,22,24,25)(H3,23,27,28,31)/t7-,8+,9+,10+,13?,14+,15+,18?,20+,41+,42+/m0/s1. The molecule has 24 heteroatoms. The topological polar surface area (TPSA) is 247 Å². The lowest BCUT2D eigenvalue weighted by atomic mass is 10.1. The second-order valence-corrected chi connectivity index (χ2v) is 17.0. The highest BCUT2D eigenvalue weighted by Gasteiger charge is 2.55. The molecule has 1 amide bonds. The largest absolute Gasteiger partial charge is 0.386 e. The fraction of sp³-hybridized carbons (Fsp3) is 0.619. The zero-order valence-electron chi connectivity index (χ0n) is 23.1. The van der Waals surface area contributed by atoms with Crippen molar-refractivity contribution >= 4 is 84.7 Å². The number of carbonyl (C=O) groups is 1. The van der Waals surface area contributed by atoms with E-state index in [2.05, 4.69) is 54.1 Å². The normalized spacial score (nSPS) is 41.9. The molecule has 7 heterocycles. The smallest absolute Gasteiger partial charge is 0.382 e. The third-order valence-electron chi connectivity index (χ3n) is 7.73. The molecule has 5 N–H and O–H groups in total. The van der Waals surface area contributed by atoms with Gasteiger partial charge in [-0.2, -0.15) is 4.37 Å². The summed E-state index contributed by atoms with van der Waals surface area (Å²) in [5, 5.41) is 2.42. The molecule has 0 aromatic carbocycles. The van der Waals surface area contributed by atoms with E-state index in [1.165, 1.54) is 24.7 Å². The van der Waals surface area contributed by atoms with Crippen molar-refractivity contribution in [1.29, 1.82) is 0 Å². The summed E-state index contributed by atoms with van der Waals surface area (Å²) in [6.45, 7) is -8.93. The van der Waals surface area contributed by atoms with Gasteiger partial charge in [-0.1, -0.05) is 24.5 Å². The molecule has 11 atom stereocenters. The Morgan fingerprint density at radius 3 is 2.60 bits per heavy atom. The first kappa shape index (κ1) is 31.6. The van der Waals surface area contributed by atoms with Crippen molar-refractivity contribution in [2.24, 2.45) is 15.7 Å². The van der Waals surface area contributed by atoms with E-state index in [1.54, 1.807) is 0 Å². The number of nitrogen functional groups attached to an aromatic ring is 1. The number of amides is 1. The zero-order valence-corrected chi connectivity index (χ0v) is 27.5. The molecule has 2 unspecified atom stereocenters. The molecule has 5 aliphatic rings. The van der Waals surface area contributed by atoms with Gasteiger partial charge in [0.25, 0.3) is 5.91 Å². The Labute approximate surface area is 269 Å². The Kier molecular flexibility index (Phi) is 8.40. The number of methoxy groups -OCH3 is 1. The van der Waals surface area contributed by atoms with Crippen molar-refractivity contribution in [3.05, 3.63) is 11.2 Å². The summed E-state index contributed by atoms with van der Waals surface area (Å²) < 4.78 is 72.8. The van der Waals surface area contributed by atoms with Crippen molar-refractivity contribution < 1.29 is 46.2 Å². The summed E-state index contributed by atoms with van der Waals surface area (Å²) in [5.74, 6) is -0.359. The molecular formula is C21H27N9O10P2S3. The second kappa shape index (κ2) is 11.9. The summed E-state index contributed by atoms with van der Waals surface area (Å²) in [5.41, 5.74) is 12.7. The first-order valence-corrected chi connectivity index (χ1v) is 19.6. The lowest BCUT2D eigenvalue weighted by Gasteiger charge is -2.34. The number of hydrogen-bond donors (Lipinski definition) is 5. The third kappa shape index (κ3) is 6.00. The van der Waals surface area contributed by atoms with Crippen molar-refractivity contribution in [2.75, 3.05) is 26.1 Å². The number of nitrogens with two attached hydrogens (primary N) is 2. The highest BCUT2D eigenvalue weighted by atomic mass is 32.7. The van der Waals surface area contributed by atoms with Gasteiger partial charge in [-0.05, 0) is 11.5 Å². The summed E-state index contributed by atoms with van der Waals surface area (Å²) in [4.78, 5) is 31.3. The number of aromatic nitrogens is 3. The third-order valence-corrected chi connectivity index (χ3v) is 11.9. The molecule has 2 bridgehead atoms. The number of anilines is 1. The van der Waals surface area contributed by atoms with Gasteiger partial charge in [0.2, 0.25) is 0 Å². The van der Waals surface area contributed by atoms with Gasteiger partial charge in [0.05, 0.1) is 36.6 Å². The number of fused-ring (bicyclic) bond motifs is 5. The highest BCUT2D eigenvalue weighted by Crippen LogP contribution is 2.60. The Hall–Kier alpha value is -1.94. The maximum Gasteiger partial charge on any atom is 0.386 e. The van der Waals surface area contributed by atoms with Crippen LogP contribution < -0.4 is 16.8 Å². The molecule has 2 aromatic heterocycles. The Morgan fingerprint density at radius 2 is 1.82 bits per heavy atom. The van der Waals surface area contributed by atoms with Crippen molar-refractivity contribution in [2.45, 2.75) is 61.5 Å². The summed E-state index contributed by atoms with van der Waals surface area (Å²) in [6.07, 6.45) is -4.60. The number of nitrogens with zero attached hydrogens (tertiary/aromatic N) is 6. The van der Waals surface area contributed by atoms with Crippen LogP contribution in [0.4, 0.5) is 5.82 Å². The number of rotatable bonds is 3.